The van der Waals surface area contributed by atoms with E-state index in [1.165, 1.54) is 11.8 Å². The van der Waals surface area contributed by atoms with E-state index in [-0.39, 0.29) is 0 Å². The Hall–Kier alpha value is -1.53. The minimum absolute atomic E-state index is 0.328. The van der Waals surface area contributed by atoms with Gasteiger partial charge in [0.25, 0.3) is 0 Å². The third kappa shape index (κ3) is 3.81. The molecule has 2 N–H and O–H groups in total. The zero-order valence-electron chi connectivity index (χ0n) is 13.0. The molecule has 0 aliphatic rings. The number of nitrogens with zero attached hydrogens (tertiary/aromatic N) is 4. The third-order valence-electron chi connectivity index (χ3n) is 3.18. The number of aromatic nitrogens is 3. The maximum absolute atomic E-state index is 6.18. The number of aryl methyl sites for hydroxylation is 1. The fraction of sp³-hybridized carbons (Fsp3) is 0.400. The molecule has 5 nitrogen and oxygen atoms in total. The van der Waals surface area contributed by atoms with Gasteiger partial charge in [-0.25, -0.2) is 15.0 Å². The van der Waals surface area contributed by atoms with E-state index in [0.717, 1.165) is 40.9 Å². The first-order valence-electron chi connectivity index (χ1n) is 7.23. The summed E-state index contributed by atoms with van der Waals surface area (Å²) in [5, 5.41) is 1.28. The van der Waals surface area contributed by atoms with Gasteiger partial charge >= 0.3 is 0 Å². The standard InChI is InChI=1S/C15H20ClN5S/c1-4-8-21(5-2)12-9-19-15(10(3)20-12)22-11-6-7-18-14(17)13(11)16/h6-7,9H,4-5,8H2,1-3H3,(H2,17,18). The number of pyridine rings is 1. The molecule has 0 aliphatic carbocycles. The minimum Gasteiger partial charge on any atom is -0.382 e. The molecule has 0 aliphatic heterocycles. The summed E-state index contributed by atoms with van der Waals surface area (Å²) in [6.07, 6.45) is 4.53. The second-order valence-corrected chi connectivity index (χ2v) is 6.22. The fourth-order valence-corrected chi connectivity index (χ4v) is 3.10. The maximum Gasteiger partial charge on any atom is 0.147 e. The molecule has 0 radical (unpaired) electrons. The van der Waals surface area contributed by atoms with Crippen molar-refractivity contribution in [3.8, 4) is 0 Å². The van der Waals surface area contributed by atoms with Crippen molar-refractivity contribution in [2.75, 3.05) is 23.7 Å². The van der Waals surface area contributed by atoms with Gasteiger partial charge in [-0.2, -0.15) is 0 Å². The van der Waals surface area contributed by atoms with Crippen LogP contribution in [0.1, 0.15) is 26.0 Å². The monoisotopic (exact) mass is 337 g/mol. The summed E-state index contributed by atoms with van der Waals surface area (Å²) in [6, 6.07) is 1.83. The van der Waals surface area contributed by atoms with Gasteiger partial charge < -0.3 is 10.6 Å². The van der Waals surface area contributed by atoms with Crippen LogP contribution in [0.5, 0.6) is 0 Å². The highest BCUT2D eigenvalue weighted by atomic mass is 35.5. The average Bonchev–Trinajstić information content (AvgIpc) is 2.51. The van der Waals surface area contributed by atoms with Crippen molar-refractivity contribution < 1.29 is 0 Å². The Morgan fingerprint density at radius 1 is 1.32 bits per heavy atom. The highest BCUT2D eigenvalue weighted by Gasteiger charge is 2.12. The molecule has 0 atom stereocenters. The molecular formula is C15H20ClN5S. The summed E-state index contributed by atoms with van der Waals surface area (Å²) in [4.78, 5) is 16.2. The number of nitrogen functional groups attached to an aromatic ring is 1. The molecule has 22 heavy (non-hydrogen) atoms. The van der Waals surface area contributed by atoms with Gasteiger partial charge in [0, 0.05) is 24.2 Å². The molecule has 7 heteroatoms. The van der Waals surface area contributed by atoms with Gasteiger partial charge in [-0.05, 0) is 26.3 Å². The average molecular weight is 338 g/mol. The van der Waals surface area contributed by atoms with Crippen LogP contribution in [-0.2, 0) is 0 Å². The fourth-order valence-electron chi connectivity index (χ4n) is 2.04. The lowest BCUT2D eigenvalue weighted by Gasteiger charge is -2.21. The molecule has 0 aromatic carbocycles. The van der Waals surface area contributed by atoms with Crippen molar-refractivity contribution in [3.05, 3.63) is 29.2 Å². The first-order valence-corrected chi connectivity index (χ1v) is 8.42. The van der Waals surface area contributed by atoms with Gasteiger partial charge in [0.15, 0.2) is 0 Å². The normalized spacial score (nSPS) is 10.7. The molecule has 0 saturated carbocycles. The van der Waals surface area contributed by atoms with Gasteiger partial charge in [-0.15, -0.1) is 0 Å². The van der Waals surface area contributed by atoms with Crippen molar-refractivity contribution in [1.82, 2.24) is 15.0 Å². The Morgan fingerprint density at radius 3 is 2.73 bits per heavy atom. The largest absolute Gasteiger partial charge is 0.382 e. The SMILES string of the molecule is CCCN(CC)c1cnc(Sc2ccnc(N)c2Cl)c(C)n1. The maximum atomic E-state index is 6.18. The van der Waals surface area contributed by atoms with E-state index in [9.17, 15) is 0 Å². The summed E-state index contributed by atoms with van der Waals surface area (Å²) in [6.45, 7) is 8.12. The zero-order valence-corrected chi connectivity index (χ0v) is 14.6. The Bertz CT molecular complexity index is 650. The molecule has 0 fully saturated rings. The summed E-state index contributed by atoms with van der Waals surface area (Å²) in [7, 11) is 0. The number of hydrogen-bond acceptors (Lipinski definition) is 6. The number of hydrogen-bond donors (Lipinski definition) is 1. The van der Waals surface area contributed by atoms with Crippen molar-refractivity contribution in [1.29, 1.82) is 0 Å². The second kappa shape index (κ2) is 7.65. The smallest absolute Gasteiger partial charge is 0.147 e. The van der Waals surface area contributed by atoms with Crippen molar-refractivity contribution >= 4 is 35.0 Å². The van der Waals surface area contributed by atoms with Crippen molar-refractivity contribution in [2.45, 2.75) is 37.1 Å². The molecular weight excluding hydrogens is 318 g/mol. The zero-order chi connectivity index (χ0) is 16.1. The predicted molar refractivity (Wildman–Crippen MR) is 92.7 cm³/mol. The quantitative estimate of drug-likeness (QED) is 0.864. The first kappa shape index (κ1) is 16.8. The Kier molecular flexibility index (Phi) is 5.85. The van der Waals surface area contributed by atoms with Gasteiger partial charge in [-0.3, -0.25) is 0 Å². The minimum atomic E-state index is 0.328. The van der Waals surface area contributed by atoms with Crippen LogP contribution in [0, 0.1) is 6.92 Å². The lowest BCUT2D eigenvalue weighted by Crippen LogP contribution is -2.24. The predicted octanol–water partition coefficient (Wildman–Crippen LogP) is 3.80. The van der Waals surface area contributed by atoms with Crippen LogP contribution in [0.15, 0.2) is 28.4 Å². The summed E-state index contributed by atoms with van der Waals surface area (Å²) >= 11 is 7.63. The van der Waals surface area contributed by atoms with Gasteiger partial charge in [-0.1, -0.05) is 30.3 Å². The summed E-state index contributed by atoms with van der Waals surface area (Å²) in [5.41, 5.74) is 6.61. The van der Waals surface area contributed by atoms with E-state index >= 15 is 0 Å². The molecule has 0 bridgehead atoms. The summed E-state index contributed by atoms with van der Waals surface area (Å²) < 4.78 is 0. The Labute approximate surface area is 140 Å². The third-order valence-corrected chi connectivity index (χ3v) is 4.84. The highest BCUT2D eigenvalue weighted by Crippen LogP contribution is 2.35. The second-order valence-electron chi connectivity index (χ2n) is 4.81. The van der Waals surface area contributed by atoms with Crippen LogP contribution in [-0.4, -0.2) is 28.0 Å². The first-order chi connectivity index (χ1) is 10.6. The van der Waals surface area contributed by atoms with E-state index in [1.54, 1.807) is 6.20 Å². The number of nitrogens with two attached hydrogens (primary N) is 1. The lowest BCUT2D eigenvalue weighted by molar-refractivity contribution is 0.767. The van der Waals surface area contributed by atoms with Gasteiger partial charge in [0.05, 0.1) is 16.9 Å². The number of halogens is 1. The van der Waals surface area contributed by atoms with E-state index in [4.69, 9.17) is 17.3 Å². The van der Waals surface area contributed by atoms with Crippen LogP contribution >= 0.6 is 23.4 Å². The molecule has 118 valence electrons. The summed E-state index contributed by atoms with van der Waals surface area (Å²) in [5.74, 6) is 1.24. The molecule has 0 unspecified atom stereocenters. The molecule has 2 heterocycles. The Morgan fingerprint density at radius 2 is 2.09 bits per heavy atom. The van der Waals surface area contributed by atoms with Crippen LogP contribution in [0.25, 0.3) is 0 Å². The molecule has 2 aromatic rings. The number of anilines is 2. The molecule has 0 amide bonds. The van der Waals surface area contributed by atoms with Crippen LogP contribution in [0.4, 0.5) is 11.6 Å². The van der Waals surface area contributed by atoms with E-state index in [2.05, 4.69) is 33.7 Å². The molecule has 0 spiro atoms. The lowest BCUT2D eigenvalue weighted by atomic mass is 10.4. The van der Waals surface area contributed by atoms with Crippen LogP contribution in [0.3, 0.4) is 0 Å². The van der Waals surface area contributed by atoms with Crippen molar-refractivity contribution in [3.63, 3.8) is 0 Å². The van der Waals surface area contributed by atoms with Crippen LogP contribution in [0.2, 0.25) is 5.02 Å². The molecule has 2 aromatic heterocycles. The molecule has 2 rings (SSSR count). The van der Waals surface area contributed by atoms with E-state index in [1.807, 2.05) is 19.2 Å². The Balaban J connectivity index is 2.24. The van der Waals surface area contributed by atoms with E-state index in [0.29, 0.717) is 10.8 Å². The van der Waals surface area contributed by atoms with Crippen molar-refractivity contribution in [2.24, 2.45) is 0 Å². The highest BCUT2D eigenvalue weighted by molar-refractivity contribution is 7.99. The molecule has 0 saturated heterocycles. The topological polar surface area (TPSA) is 67.9 Å². The van der Waals surface area contributed by atoms with E-state index < -0.39 is 0 Å². The van der Waals surface area contributed by atoms with Gasteiger partial charge in [0.2, 0.25) is 0 Å². The number of rotatable bonds is 6. The van der Waals surface area contributed by atoms with Crippen LogP contribution < -0.4 is 10.6 Å². The van der Waals surface area contributed by atoms with Gasteiger partial charge in [0.1, 0.15) is 16.7 Å².